The maximum Gasteiger partial charge on any atom is 0.251 e. The lowest BCUT2D eigenvalue weighted by molar-refractivity contribution is 0.0933. The fourth-order valence-corrected chi connectivity index (χ4v) is 2.89. The molecule has 0 aliphatic heterocycles. The highest BCUT2D eigenvalue weighted by Gasteiger charge is 2.29. The average Bonchev–Trinajstić information content (AvgIpc) is 2.91. The van der Waals surface area contributed by atoms with E-state index in [1.165, 1.54) is 25.7 Å². The lowest BCUT2D eigenvalue weighted by atomic mass is 9.89. The summed E-state index contributed by atoms with van der Waals surface area (Å²) < 4.78 is 0. The summed E-state index contributed by atoms with van der Waals surface area (Å²) in [6.45, 7) is 5.29. The highest BCUT2D eigenvalue weighted by Crippen LogP contribution is 2.36. The van der Waals surface area contributed by atoms with Gasteiger partial charge in [-0.1, -0.05) is 37.7 Å². The zero-order valence-electron chi connectivity index (χ0n) is 13.0. The van der Waals surface area contributed by atoms with Crippen molar-refractivity contribution in [3.63, 3.8) is 0 Å². The Balaban J connectivity index is 2.07. The zero-order valence-corrected chi connectivity index (χ0v) is 13.0. The summed E-state index contributed by atoms with van der Waals surface area (Å²) in [6, 6.07) is 5.71. The summed E-state index contributed by atoms with van der Waals surface area (Å²) in [4.78, 5) is 12.4. The molecule has 0 unspecified atom stereocenters. The van der Waals surface area contributed by atoms with E-state index in [0.717, 1.165) is 17.7 Å². The third kappa shape index (κ3) is 4.09. The molecule has 3 nitrogen and oxygen atoms in total. The van der Waals surface area contributed by atoms with Crippen molar-refractivity contribution in [2.45, 2.75) is 39.5 Å². The largest absolute Gasteiger partial charge is 0.351 e. The van der Waals surface area contributed by atoms with E-state index in [-0.39, 0.29) is 11.3 Å². The molecule has 3 heteroatoms. The first-order valence-corrected chi connectivity index (χ1v) is 7.62. The Hall–Kier alpha value is -1.79. The number of carbonyl (C=O) groups excluding carboxylic acids is 1. The molecule has 0 radical (unpaired) electrons. The topological polar surface area (TPSA) is 55.1 Å². The maximum atomic E-state index is 12.4. The monoisotopic (exact) mass is 284 g/mol. The number of hydrogen-bond donors (Lipinski definition) is 2. The van der Waals surface area contributed by atoms with Crippen molar-refractivity contribution in [2.24, 2.45) is 11.1 Å². The number of rotatable bonds is 3. The molecule has 1 saturated carbocycles. The van der Waals surface area contributed by atoms with Crippen LogP contribution in [0.5, 0.6) is 0 Å². The predicted molar refractivity (Wildman–Crippen MR) is 86.0 cm³/mol. The van der Waals surface area contributed by atoms with Gasteiger partial charge in [-0.25, -0.2) is 0 Å². The number of nitrogens with two attached hydrogens (primary N) is 1. The summed E-state index contributed by atoms with van der Waals surface area (Å²) in [5, 5.41) is 3.09. The first kappa shape index (κ1) is 15.6. The van der Waals surface area contributed by atoms with Crippen LogP contribution in [0.3, 0.4) is 0 Å². The molecular formula is C18H24N2O. The van der Waals surface area contributed by atoms with Crippen LogP contribution in [0, 0.1) is 24.2 Å². The molecular weight excluding hydrogens is 260 g/mol. The first-order valence-electron chi connectivity index (χ1n) is 7.62. The van der Waals surface area contributed by atoms with Gasteiger partial charge in [-0.15, -0.1) is 0 Å². The standard InChI is InChI=1S/C18H24N2O/c1-14-7-8-15(6-5-11-19)12-16(14)17(21)20-13-18(2)9-3-4-10-18/h7-8,12H,3-4,9-11,13,19H2,1-2H3,(H,20,21). The molecule has 0 saturated heterocycles. The fraction of sp³-hybridized carbons (Fsp3) is 0.500. The lowest BCUT2D eigenvalue weighted by Gasteiger charge is -2.23. The molecule has 1 aromatic carbocycles. The summed E-state index contributed by atoms with van der Waals surface area (Å²) >= 11 is 0. The Kier molecular flexibility index (Phi) is 5.03. The van der Waals surface area contributed by atoms with Crippen molar-refractivity contribution in [1.29, 1.82) is 0 Å². The molecule has 3 N–H and O–H groups in total. The molecule has 1 aliphatic rings. The molecule has 1 aromatic rings. The fourth-order valence-electron chi connectivity index (χ4n) is 2.89. The molecule has 1 amide bonds. The van der Waals surface area contributed by atoms with E-state index in [1.807, 2.05) is 25.1 Å². The van der Waals surface area contributed by atoms with Crippen LogP contribution in [0.25, 0.3) is 0 Å². The molecule has 1 aliphatic carbocycles. The Morgan fingerprint density at radius 1 is 1.38 bits per heavy atom. The van der Waals surface area contributed by atoms with Gasteiger partial charge in [0.05, 0.1) is 6.54 Å². The normalized spacial score (nSPS) is 16.1. The number of benzene rings is 1. The molecule has 2 rings (SSSR count). The van der Waals surface area contributed by atoms with Crippen LogP contribution < -0.4 is 11.1 Å². The van der Waals surface area contributed by atoms with Crippen molar-refractivity contribution in [3.8, 4) is 11.8 Å². The SMILES string of the molecule is Cc1ccc(C#CCN)cc1C(=O)NCC1(C)CCCC1. The van der Waals surface area contributed by atoms with Gasteiger partial charge in [0.2, 0.25) is 0 Å². The zero-order chi connectivity index (χ0) is 15.3. The Morgan fingerprint density at radius 3 is 2.76 bits per heavy atom. The number of hydrogen-bond acceptors (Lipinski definition) is 2. The van der Waals surface area contributed by atoms with Gasteiger partial charge in [0, 0.05) is 17.7 Å². The van der Waals surface area contributed by atoms with Crippen LogP contribution in [-0.2, 0) is 0 Å². The van der Waals surface area contributed by atoms with E-state index in [4.69, 9.17) is 5.73 Å². The Morgan fingerprint density at radius 2 is 2.10 bits per heavy atom. The average molecular weight is 284 g/mol. The van der Waals surface area contributed by atoms with Crippen LogP contribution >= 0.6 is 0 Å². The van der Waals surface area contributed by atoms with Crippen molar-refractivity contribution >= 4 is 5.91 Å². The number of nitrogens with one attached hydrogen (secondary N) is 1. The van der Waals surface area contributed by atoms with Crippen LogP contribution in [0.1, 0.15) is 54.1 Å². The molecule has 21 heavy (non-hydrogen) atoms. The molecule has 0 heterocycles. The molecule has 0 aromatic heterocycles. The second-order valence-electron chi connectivity index (χ2n) is 6.24. The minimum Gasteiger partial charge on any atom is -0.351 e. The van der Waals surface area contributed by atoms with Gasteiger partial charge < -0.3 is 11.1 Å². The van der Waals surface area contributed by atoms with Gasteiger partial charge in [-0.05, 0) is 42.9 Å². The summed E-state index contributed by atoms with van der Waals surface area (Å²) in [7, 11) is 0. The van der Waals surface area contributed by atoms with E-state index in [0.29, 0.717) is 12.1 Å². The molecule has 112 valence electrons. The molecule has 0 atom stereocenters. The first-order chi connectivity index (χ1) is 10.0. The van der Waals surface area contributed by atoms with Crippen molar-refractivity contribution < 1.29 is 4.79 Å². The van der Waals surface area contributed by atoms with Crippen LogP contribution in [0.15, 0.2) is 18.2 Å². The third-order valence-corrected chi connectivity index (χ3v) is 4.30. The third-order valence-electron chi connectivity index (χ3n) is 4.30. The van der Waals surface area contributed by atoms with Gasteiger partial charge in [0.1, 0.15) is 0 Å². The van der Waals surface area contributed by atoms with Gasteiger partial charge >= 0.3 is 0 Å². The Bertz CT molecular complexity index is 575. The summed E-state index contributed by atoms with van der Waals surface area (Å²) in [5.41, 5.74) is 8.17. The molecule has 0 spiro atoms. The van der Waals surface area contributed by atoms with Gasteiger partial charge in [-0.3, -0.25) is 4.79 Å². The summed E-state index contributed by atoms with van der Waals surface area (Å²) in [6.07, 6.45) is 4.95. The van der Waals surface area contributed by atoms with Crippen molar-refractivity contribution in [2.75, 3.05) is 13.1 Å². The predicted octanol–water partition coefficient (Wildman–Crippen LogP) is 2.62. The lowest BCUT2D eigenvalue weighted by Crippen LogP contribution is -2.34. The van der Waals surface area contributed by atoms with Gasteiger partial charge in [0.25, 0.3) is 5.91 Å². The van der Waals surface area contributed by atoms with Crippen molar-refractivity contribution in [3.05, 3.63) is 34.9 Å². The highest BCUT2D eigenvalue weighted by atomic mass is 16.1. The number of amides is 1. The van der Waals surface area contributed by atoms with Crippen LogP contribution in [-0.4, -0.2) is 19.0 Å². The van der Waals surface area contributed by atoms with E-state index in [9.17, 15) is 4.79 Å². The van der Waals surface area contributed by atoms with Crippen molar-refractivity contribution in [1.82, 2.24) is 5.32 Å². The van der Waals surface area contributed by atoms with E-state index >= 15 is 0 Å². The molecule has 0 bridgehead atoms. The highest BCUT2D eigenvalue weighted by molar-refractivity contribution is 5.96. The minimum absolute atomic E-state index is 0.00276. The second kappa shape index (κ2) is 6.78. The minimum atomic E-state index is -0.00276. The second-order valence-corrected chi connectivity index (χ2v) is 6.24. The van der Waals surface area contributed by atoms with Gasteiger partial charge in [-0.2, -0.15) is 0 Å². The number of carbonyl (C=O) groups is 1. The smallest absolute Gasteiger partial charge is 0.251 e. The molecule has 1 fully saturated rings. The number of aryl methyl sites for hydroxylation is 1. The quantitative estimate of drug-likeness (QED) is 0.838. The van der Waals surface area contributed by atoms with Crippen LogP contribution in [0.2, 0.25) is 0 Å². The van der Waals surface area contributed by atoms with E-state index in [1.54, 1.807) is 0 Å². The summed E-state index contributed by atoms with van der Waals surface area (Å²) in [5.74, 6) is 5.79. The maximum absolute atomic E-state index is 12.4. The Labute approximate surface area is 127 Å². The van der Waals surface area contributed by atoms with E-state index in [2.05, 4.69) is 24.1 Å². The van der Waals surface area contributed by atoms with E-state index < -0.39 is 0 Å². The van der Waals surface area contributed by atoms with Crippen LogP contribution in [0.4, 0.5) is 0 Å². The van der Waals surface area contributed by atoms with Gasteiger partial charge in [0.15, 0.2) is 0 Å².